The second-order valence-electron chi connectivity index (χ2n) is 3.31. The lowest BCUT2D eigenvalue weighted by atomic mass is 10.0. The Morgan fingerprint density at radius 2 is 2.00 bits per heavy atom. The van der Waals surface area contributed by atoms with Crippen LogP contribution in [0.4, 0.5) is 13.2 Å². The molecule has 0 saturated carbocycles. The van der Waals surface area contributed by atoms with Gasteiger partial charge in [0.2, 0.25) is 0 Å². The minimum atomic E-state index is -4.21. The van der Waals surface area contributed by atoms with Gasteiger partial charge in [0, 0.05) is 5.57 Å². The van der Waals surface area contributed by atoms with Crippen molar-refractivity contribution >= 4 is 5.97 Å². The van der Waals surface area contributed by atoms with Gasteiger partial charge in [-0.3, -0.25) is 0 Å². The highest BCUT2D eigenvalue weighted by Gasteiger charge is 2.35. The van der Waals surface area contributed by atoms with Crippen LogP contribution >= 0.6 is 0 Å². The average Bonchev–Trinajstić information content (AvgIpc) is 2.12. The number of carbonyl (C=O) groups is 1. The summed E-state index contributed by atoms with van der Waals surface area (Å²) in [4.78, 5) is 11.0. The van der Waals surface area contributed by atoms with E-state index in [4.69, 9.17) is 0 Å². The molecule has 2 nitrogen and oxygen atoms in total. The normalized spacial score (nSPS) is 13.4. The number of rotatable bonds is 5. The summed E-state index contributed by atoms with van der Waals surface area (Å²) in [6.45, 7) is 6.30. The fourth-order valence-corrected chi connectivity index (χ4v) is 0.890. The quantitative estimate of drug-likeness (QED) is 0.530. The maximum absolute atomic E-state index is 12.1. The molecule has 0 rings (SSSR count). The predicted octanol–water partition coefficient (Wildman–Crippen LogP) is 3.08. The molecule has 0 radical (unpaired) electrons. The molecule has 0 bridgehead atoms. The molecular weight excluding hydrogens is 209 g/mol. The van der Waals surface area contributed by atoms with Crippen LogP contribution < -0.4 is 0 Å². The van der Waals surface area contributed by atoms with Crippen LogP contribution in [0.25, 0.3) is 0 Å². The third-order valence-electron chi connectivity index (χ3n) is 2.00. The van der Waals surface area contributed by atoms with Gasteiger partial charge in [-0.15, -0.1) is 0 Å². The summed E-state index contributed by atoms with van der Waals surface area (Å²) in [5, 5.41) is 0. The maximum Gasteiger partial charge on any atom is 0.391 e. The molecule has 15 heavy (non-hydrogen) atoms. The van der Waals surface area contributed by atoms with Crippen molar-refractivity contribution in [3.8, 4) is 0 Å². The van der Waals surface area contributed by atoms with E-state index in [0.717, 1.165) is 6.92 Å². The lowest BCUT2D eigenvalue weighted by Gasteiger charge is -2.15. The molecule has 0 saturated heterocycles. The smallest absolute Gasteiger partial charge is 0.391 e. The van der Waals surface area contributed by atoms with Crippen molar-refractivity contribution in [3.05, 3.63) is 12.2 Å². The molecule has 0 amide bonds. The Bertz CT molecular complexity index is 233. The van der Waals surface area contributed by atoms with Gasteiger partial charge < -0.3 is 4.74 Å². The number of alkyl halides is 3. The van der Waals surface area contributed by atoms with Crippen LogP contribution in [0.1, 0.15) is 26.7 Å². The molecule has 0 heterocycles. The van der Waals surface area contributed by atoms with Crippen molar-refractivity contribution in [1.82, 2.24) is 0 Å². The highest BCUT2D eigenvalue weighted by atomic mass is 19.4. The zero-order chi connectivity index (χ0) is 12.1. The molecule has 0 spiro atoms. The second kappa shape index (κ2) is 5.78. The minimum absolute atomic E-state index is 0.0134. The molecule has 0 aliphatic rings. The van der Waals surface area contributed by atoms with Crippen molar-refractivity contribution in [2.45, 2.75) is 32.9 Å². The van der Waals surface area contributed by atoms with E-state index in [1.54, 1.807) is 6.92 Å². The van der Waals surface area contributed by atoms with E-state index in [1.165, 1.54) is 0 Å². The van der Waals surface area contributed by atoms with Crippen LogP contribution in [0.5, 0.6) is 0 Å². The van der Waals surface area contributed by atoms with Crippen LogP contribution in [0.2, 0.25) is 0 Å². The van der Waals surface area contributed by atoms with Crippen molar-refractivity contribution in [3.63, 3.8) is 0 Å². The first-order chi connectivity index (χ1) is 6.79. The molecular formula is C10H15F3O2. The van der Waals surface area contributed by atoms with Crippen molar-refractivity contribution < 1.29 is 22.7 Å². The number of hydrogen-bond donors (Lipinski definition) is 0. The molecule has 0 N–H and O–H groups in total. The third kappa shape index (κ3) is 5.44. The lowest BCUT2D eigenvalue weighted by molar-refractivity contribution is -0.171. The van der Waals surface area contributed by atoms with E-state index in [9.17, 15) is 18.0 Å². The van der Waals surface area contributed by atoms with E-state index in [2.05, 4.69) is 11.3 Å². The summed E-state index contributed by atoms with van der Waals surface area (Å²) in [7, 11) is 0. The molecule has 5 heteroatoms. The predicted molar refractivity (Wildman–Crippen MR) is 50.2 cm³/mol. The van der Waals surface area contributed by atoms with Crippen LogP contribution in [0, 0.1) is 5.92 Å². The second-order valence-corrected chi connectivity index (χ2v) is 3.31. The lowest BCUT2D eigenvalue weighted by Crippen LogP contribution is -2.20. The fraction of sp³-hybridized carbons (Fsp3) is 0.700. The molecule has 0 aliphatic carbocycles. The van der Waals surface area contributed by atoms with E-state index in [0.29, 0.717) is 0 Å². The number of hydrogen-bond acceptors (Lipinski definition) is 2. The Morgan fingerprint density at radius 3 is 2.40 bits per heavy atom. The Balaban J connectivity index is 3.96. The molecule has 88 valence electrons. The SMILES string of the molecule is C=C(CCC(C)C(F)(F)F)C(=O)OCC. The van der Waals surface area contributed by atoms with Crippen LogP contribution in [-0.2, 0) is 9.53 Å². The van der Waals surface area contributed by atoms with Gasteiger partial charge in [0.05, 0.1) is 12.5 Å². The number of esters is 1. The van der Waals surface area contributed by atoms with E-state index in [-0.39, 0.29) is 25.0 Å². The molecule has 0 aromatic rings. The van der Waals surface area contributed by atoms with Crippen LogP contribution in [0.3, 0.4) is 0 Å². The van der Waals surface area contributed by atoms with Crippen molar-refractivity contribution in [1.29, 1.82) is 0 Å². The molecule has 1 unspecified atom stereocenters. The molecule has 1 atom stereocenters. The summed E-state index contributed by atoms with van der Waals surface area (Å²) in [5.41, 5.74) is 0.0907. The van der Waals surface area contributed by atoms with Gasteiger partial charge in [-0.1, -0.05) is 13.5 Å². The summed E-state index contributed by atoms with van der Waals surface area (Å²) in [5.74, 6) is -2.05. The fourth-order valence-electron chi connectivity index (χ4n) is 0.890. The van der Waals surface area contributed by atoms with Gasteiger partial charge >= 0.3 is 12.1 Å². The first-order valence-electron chi connectivity index (χ1n) is 4.70. The monoisotopic (exact) mass is 224 g/mol. The highest BCUT2D eigenvalue weighted by Crippen LogP contribution is 2.30. The van der Waals surface area contributed by atoms with Crippen molar-refractivity contribution in [2.24, 2.45) is 5.92 Å². The molecule has 0 aromatic heterocycles. The largest absolute Gasteiger partial charge is 0.463 e. The van der Waals surface area contributed by atoms with Gasteiger partial charge in [-0.05, 0) is 19.8 Å². The number of ether oxygens (including phenoxy) is 1. The summed E-state index contributed by atoms with van der Waals surface area (Å²) >= 11 is 0. The Morgan fingerprint density at radius 1 is 1.47 bits per heavy atom. The Hall–Kier alpha value is -1.00. The van der Waals surface area contributed by atoms with E-state index in [1.807, 2.05) is 0 Å². The van der Waals surface area contributed by atoms with Gasteiger partial charge in [0.25, 0.3) is 0 Å². The third-order valence-corrected chi connectivity index (χ3v) is 2.00. The number of carbonyl (C=O) groups excluding carboxylic acids is 1. The summed E-state index contributed by atoms with van der Waals surface area (Å²) in [6.07, 6.45) is -4.34. The van der Waals surface area contributed by atoms with E-state index < -0.39 is 18.1 Å². The van der Waals surface area contributed by atoms with Gasteiger partial charge in [0.15, 0.2) is 0 Å². The van der Waals surface area contributed by atoms with Gasteiger partial charge in [-0.2, -0.15) is 13.2 Å². The topological polar surface area (TPSA) is 26.3 Å². The van der Waals surface area contributed by atoms with Crippen LogP contribution in [-0.4, -0.2) is 18.8 Å². The Kier molecular flexibility index (Phi) is 5.39. The molecule has 0 aromatic carbocycles. The summed E-state index contributed by atoms with van der Waals surface area (Å²) < 4.78 is 40.9. The summed E-state index contributed by atoms with van der Waals surface area (Å²) in [6, 6.07) is 0. The first-order valence-corrected chi connectivity index (χ1v) is 4.70. The Labute approximate surface area is 87.1 Å². The van der Waals surface area contributed by atoms with Crippen molar-refractivity contribution in [2.75, 3.05) is 6.61 Å². The number of halogens is 3. The molecule has 0 aliphatic heterocycles. The average molecular weight is 224 g/mol. The minimum Gasteiger partial charge on any atom is -0.463 e. The molecule has 0 fully saturated rings. The van der Waals surface area contributed by atoms with Gasteiger partial charge in [0.1, 0.15) is 0 Å². The maximum atomic E-state index is 12.1. The van der Waals surface area contributed by atoms with Gasteiger partial charge in [-0.25, -0.2) is 4.79 Å². The standard InChI is InChI=1S/C10H15F3O2/c1-4-15-9(14)7(2)5-6-8(3)10(11,12)13/h8H,2,4-6H2,1,3H3. The zero-order valence-corrected chi connectivity index (χ0v) is 8.86. The highest BCUT2D eigenvalue weighted by molar-refractivity contribution is 5.87. The van der Waals surface area contributed by atoms with E-state index >= 15 is 0 Å². The first kappa shape index (κ1) is 14.0. The van der Waals surface area contributed by atoms with Crippen LogP contribution in [0.15, 0.2) is 12.2 Å². The zero-order valence-electron chi connectivity index (χ0n) is 8.86.